The Balaban J connectivity index is 2.84. The monoisotopic (exact) mass is 236 g/mol. The molecule has 2 unspecified atom stereocenters. The molecule has 1 rings (SSSR count). The minimum Gasteiger partial charge on any atom is -0.469 e. The summed E-state index contributed by atoms with van der Waals surface area (Å²) in [6, 6.07) is 7.01. The molecule has 2 N–H and O–H groups in total. The fraction of sp³-hybridized carbons (Fsp3) is 0.308. The van der Waals surface area contributed by atoms with Gasteiger partial charge in [0.05, 0.1) is 19.6 Å². The second-order valence-electron chi connectivity index (χ2n) is 3.63. The first kappa shape index (κ1) is 13.4. The van der Waals surface area contributed by atoms with Crippen LogP contribution < -0.4 is 0 Å². The van der Waals surface area contributed by atoms with Gasteiger partial charge in [0.25, 0.3) is 0 Å². The topological polar surface area (TPSA) is 66.8 Å². The van der Waals surface area contributed by atoms with E-state index in [1.165, 1.54) is 7.11 Å². The highest BCUT2D eigenvalue weighted by atomic mass is 16.5. The van der Waals surface area contributed by atoms with Crippen LogP contribution in [0.3, 0.4) is 0 Å². The van der Waals surface area contributed by atoms with Crippen molar-refractivity contribution in [1.29, 1.82) is 0 Å². The van der Waals surface area contributed by atoms with Crippen LogP contribution in [0.4, 0.5) is 0 Å². The molecule has 0 aliphatic carbocycles. The van der Waals surface area contributed by atoms with Gasteiger partial charge in [-0.15, -0.1) is 0 Å². The molecule has 0 aliphatic rings. The zero-order valence-corrected chi connectivity index (χ0v) is 9.67. The van der Waals surface area contributed by atoms with Crippen LogP contribution in [-0.4, -0.2) is 29.4 Å². The molecule has 17 heavy (non-hydrogen) atoms. The molecule has 92 valence electrons. The van der Waals surface area contributed by atoms with E-state index in [0.29, 0.717) is 5.56 Å². The summed E-state index contributed by atoms with van der Waals surface area (Å²) in [6.07, 6.45) is -0.987. The minimum absolute atomic E-state index is 0.247. The van der Waals surface area contributed by atoms with Crippen molar-refractivity contribution in [3.63, 3.8) is 0 Å². The molecule has 0 bridgehead atoms. The van der Waals surface area contributed by atoms with E-state index >= 15 is 0 Å². The standard InChI is InChI=1S/C13H16O4/c1-3-9-6-4-5-7-10(9)13(16)11(14)8-12(15)17-2/h3-7,11,13-14,16H,1,8H2,2H3. The maximum absolute atomic E-state index is 11.0. The SMILES string of the molecule is C=Cc1ccccc1C(O)C(O)CC(=O)OC. The van der Waals surface area contributed by atoms with E-state index in [9.17, 15) is 15.0 Å². The third kappa shape index (κ3) is 3.41. The number of carbonyl (C=O) groups is 1. The molecule has 0 aromatic heterocycles. The Morgan fingerprint density at radius 2 is 2.12 bits per heavy atom. The molecular formula is C13H16O4. The molecule has 0 aliphatic heterocycles. The van der Waals surface area contributed by atoms with E-state index in [4.69, 9.17) is 0 Å². The molecule has 0 spiro atoms. The van der Waals surface area contributed by atoms with Gasteiger partial charge in [0.15, 0.2) is 0 Å². The van der Waals surface area contributed by atoms with Gasteiger partial charge in [0.2, 0.25) is 0 Å². The number of hydrogen-bond donors (Lipinski definition) is 2. The highest BCUT2D eigenvalue weighted by Gasteiger charge is 2.23. The van der Waals surface area contributed by atoms with Crippen molar-refractivity contribution in [2.75, 3.05) is 7.11 Å². The Labute approximate surface area is 100 Å². The van der Waals surface area contributed by atoms with Crippen LogP contribution in [0, 0.1) is 0 Å². The Morgan fingerprint density at radius 1 is 1.47 bits per heavy atom. The van der Waals surface area contributed by atoms with Crippen LogP contribution in [-0.2, 0) is 9.53 Å². The fourth-order valence-corrected chi connectivity index (χ4v) is 1.54. The molecule has 0 radical (unpaired) electrons. The largest absolute Gasteiger partial charge is 0.469 e. The van der Waals surface area contributed by atoms with Gasteiger partial charge in [-0.25, -0.2) is 0 Å². The third-order valence-corrected chi connectivity index (χ3v) is 2.50. The van der Waals surface area contributed by atoms with E-state index in [0.717, 1.165) is 5.56 Å². The normalized spacial score (nSPS) is 13.8. The zero-order chi connectivity index (χ0) is 12.8. The van der Waals surface area contributed by atoms with Gasteiger partial charge in [-0.1, -0.05) is 36.9 Å². The molecule has 1 aromatic rings. The molecule has 0 amide bonds. The molecule has 0 saturated heterocycles. The lowest BCUT2D eigenvalue weighted by molar-refractivity contribution is -0.144. The third-order valence-electron chi connectivity index (χ3n) is 2.50. The maximum atomic E-state index is 11.0. The first-order chi connectivity index (χ1) is 8.10. The molecule has 0 fully saturated rings. The van der Waals surface area contributed by atoms with Crippen molar-refractivity contribution in [3.8, 4) is 0 Å². The number of carbonyl (C=O) groups excluding carboxylic acids is 1. The van der Waals surface area contributed by atoms with Crippen LogP contribution in [0.1, 0.15) is 23.7 Å². The van der Waals surface area contributed by atoms with Gasteiger partial charge >= 0.3 is 5.97 Å². The predicted molar refractivity (Wildman–Crippen MR) is 64.1 cm³/mol. The summed E-state index contributed by atoms with van der Waals surface area (Å²) >= 11 is 0. The number of aliphatic hydroxyl groups is 2. The molecule has 2 atom stereocenters. The van der Waals surface area contributed by atoms with Crippen LogP contribution >= 0.6 is 0 Å². The van der Waals surface area contributed by atoms with E-state index in [1.54, 1.807) is 30.3 Å². The van der Waals surface area contributed by atoms with Gasteiger partial charge in [-0.05, 0) is 11.1 Å². The Morgan fingerprint density at radius 3 is 2.71 bits per heavy atom. The minimum atomic E-state index is -1.19. The summed E-state index contributed by atoms with van der Waals surface area (Å²) in [5, 5.41) is 19.6. The average molecular weight is 236 g/mol. The second-order valence-corrected chi connectivity index (χ2v) is 3.63. The Bertz CT molecular complexity index is 400. The smallest absolute Gasteiger partial charge is 0.308 e. The Hall–Kier alpha value is -1.65. The molecular weight excluding hydrogens is 220 g/mol. The van der Waals surface area contributed by atoms with E-state index in [2.05, 4.69) is 11.3 Å². The molecule has 0 saturated carbocycles. The fourth-order valence-electron chi connectivity index (χ4n) is 1.54. The Kier molecular flexibility index (Phi) is 4.87. The first-order valence-electron chi connectivity index (χ1n) is 5.24. The quantitative estimate of drug-likeness (QED) is 0.756. The van der Waals surface area contributed by atoms with Crippen molar-refractivity contribution in [3.05, 3.63) is 42.0 Å². The molecule has 0 heterocycles. The number of esters is 1. The van der Waals surface area contributed by atoms with E-state index in [1.807, 2.05) is 0 Å². The molecule has 4 nitrogen and oxygen atoms in total. The van der Waals surface area contributed by atoms with Crippen molar-refractivity contribution in [2.24, 2.45) is 0 Å². The van der Waals surface area contributed by atoms with Gasteiger partial charge in [0, 0.05) is 0 Å². The number of methoxy groups -OCH3 is 1. The average Bonchev–Trinajstić information content (AvgIpc) is 2.37. The summed E-state index contributed by atoms with van der Waals surface area (Å²) in [5.41, 5.74) is 1.27. The van der Waals surface area contributed by atoms with Crippen LogP contribution in [0.15, 0.2) is 30.8 Å². The number of aliphatic hydroxyl groups excluding tert-OH is 2. The number of ether oxygens (including phenoxy) is 1. The van der Waals surface area contributed by atoms with Crippen molar-refractivity contribution >= 4 is 12.0 Å². The summed E-state index contributed by atoms with van der Waals surface area (Å²) in [7, 11) is 1.24. The number of benzene rings is 1. The zero-order valence-electron chi connectivity index (χ0n) is 9.67. The number of hydrogen-bond acceptors (Lipinski definition) is 4. The van der Waals surface area contributed by atoms with Gasteiger partial charge in [-0.3, -0.25) is 4.79 Å². The lowest BCUT2D eigenvalue weighted by Gasteiger charge is -2.18. The molecule has 4 heteroatoms. The van der Waals surface area contributed by atoms with Gasteiger partial charge < -0.3 is 14.9 Å². The molecule has 1 aromatic carbocycles. The summed E-state index contributed by atoms with van der Waals surface area (Å²) in [4.78, 5) is 11.0. The van der Waals surface area contributed by atoms with Gasteiger partial charge in [0.1, 0.15) is 6.10 Å². The van der Waals surface area contributed by atoms with Crippen molar-refractivity contribution < 1.29 is 19.7 Å². The van der Waals surface area contributed by atoms with Crippen molar-refractivity contribution in [1.82, 2.24) is 0 Å². The highest BCUT2D eigenvalue weighted by Crippen LogP contribution is 2.23. The lowest BCUT2D eigenvalue weighted by atomic mass is 9.97. The van der Waals surface area contributed by atoms with E-state index in [-0.39, 0.29) is 6.42 Å². The summed E-state index contributed by atoms with van der Waals surface area (Å²) in [5.74, 6) is -0.562. The van der Waals surface area contributed by atoms with Crippen molar-refractivity contribution in [2.45, 2.75) is 18.6 Å². The first-order valence-corrected chi connectivity index (χ1v) is 5.24. The summed E-state index contributed by atoms with van der Waals surface area (Å²) < 4.78 is 4.43. The summed E-state index contributed by atoms with van der Waals surface area (Å²) in [6.45, 7) is 3.63. The van der Waals surface area contributed by atoms with Crippen LogP contribution in [0.5, 0.6) is 0 Å². The predicted octanol–water partition coefficient (Wildman–Crippen LogP) is 1.29. The van der Waals surface area contributed by atoms with E-state index < -0.39 is 18.2 Å². The number of rotatable bonds is 5. The highest BCUT2D eigenvalue weighted by molar-refractivity contribution is 5.70. The van der Waals surface area contributed by atoms with Crippen LogP contribution in [0.25, 0.3) is 6.08 Å². The van der Waals surface area contributed by atoms with Gasteiger partial charge in [-0.2, -0.15) is 0 Å². The maximum Gasteiger partial charge on any atom is 0.308 e. The second kappa shape index (κ2) is 6.18. The van der Waals surface area contributed by atoms with Crippen LogP contribution in [0.2, 0.25) is 0 Å². The lowest BCUT2D eigenvalue weighted by Crippen LogP contribution is -2.23.